The molecule has 0 saturated carbocycles. The van der Waals surface area contributed by atoms with Crippen LogP contribution < -0.4 is 0 Å². The number of hydrogen-bond acceptors (Lipinski definition) is 1. The Balaban J connectivity index is 2.20. The molecule has 1 unspecified atom stereocenters. The van der Waals surface area contributed by atoms with Gasteiger partial charge in [-0.1, -0.05) is 20.3 Å². The first-order valence-electron chi connectivity index (χ1n) is 4.66. The number of likely N-dealkylation sites (tertiary alicyclic amines) is 1. The lowest BCUT2D eigenvalue weighted by Crippen LogP contribution is -2.53. The van der Waals surface area contributed by atoms with E-state index in [1.165, 1.54) is 19.3 Å². The highest BCUT2D eigenvalue weighted by atomic mass is 19.1. The molecule has 1 atom stereocenters. The lowest BCUT2D eigenvalue weighted by molar-refractivity contribution is 0.0226. The van der Waals surface area contributed by atoms with E-state index in [2.05, 4.69) is 18.7 Å². The molecule has 0 bridgehead atoms. The Morgan fingerprint density at radius 1 is 1.45 bits per heavy atom. The SMILES string of the molecule is CCCC(CC)N1CC(F)C1. The average molecular weight is 159 g/mol. The van der Waals surface area contributed by atoms with Crippen LogP contribution in [0.25, 0.3) is 0 Å². The number of nitrogens with zero attached hydrogens (tertiary/aromatic N) is 1. The Morgan fingerprint density at radius 3 is 2.45 bits per heavy atom. The van der Waals surface area contributed by atoms with Crippen molar-refractivity contribution in [1.82, 2.24) is 4.90 Å². The van der Waals surface area contributed by atoms with Gasteiger partial charge in [-0.15, -0.1) is 0 Å². The number of rotatable bonds is 4. The lowest BCUT2D eigenvalue weighted by Gasteiger charge is -2.40. The molecule has 0 aliphatic carbocycles. The molecule has 11 heavy (non-hydrogen) atoms. The molecular weight excluding hydrogens is 141 g/mol. The molecule has 1 aliphatic heterocycles. The van der Waals surface area contributed by atoms with Gasteiger partial charge in [-0.2, -0.15) is 0 Å². The first kappa shape index (κ1) is 8.98. The molecule has 0 aromatic heterocycles. The van der Waals surface area contributed by atoms with Gasteiger partial charge in [0.05, 0.1) is 0 Å². The monoisotopic (exact) mass is 159 g/mol. The zero-order valence-electron chi connectivity index (χ0n) is 7.52. The fourth-order valence-electron chi connectivity index (χ4n) is 1.73. The van der Waals surface area contributed by atoms with Gasteiger partial charge < -0.3 is 0 Å². The van der Waals surface area contributed by atoms with Crippen molar-refractivity contribution in [2.75, 3.05) is 13.1 Å². The van der Waals surface area contributed by atoms with Crippen LogP contribution >= 0.6 is 0 Å². The van der Waals surface area contributed by atoms with Gasteiger partial charge in [0.25, 0.3) is 0 Å². The maximum Gasteiger partial charge on any atom is 0.125 e. The summed E-state index contributed by atoms with van der Waals surface area (Å²) in [5, 5.41) is 0. The van der Waals surface area contributed by atoms with Crippen molar-refractivity contribution in [1.29, 1.82) is 0 Å². The summed E-state index contributed by atoms with van der Waals surface area (Å²) >= 11 is 0. The summed E-state index contributed by atoms with van der Waals surface area (Å²) in [4.78, 5) is 2.26. The van der Waals surface area contributed by atoms with E-state index in [0.29, 0.717) is 19.1 Å². The van der Waals surface area contributed by atoms with Gasteiger partial charge in [0.15, 0.2) is 0 Å². The normalized spacial score (nSPS) is 23.2. The summed E-state index contributed by atoms with van der Waals surface area (Å²) in [7, 11) is 0. The van der Waals surface area contributed by atoms with E-state index in [0.717, 1.165) is 0 Å². The van der Waals surface area contributed by atoms with Crippen molar-refractivity contribution in [3.63, 3.8) is 0 Å². The Labute approximate surface area is 68.6 Å². The maximum atomic E-state index is 12.5. The van der Waals surface area contributed by atoms with Crippen molar-refractivity contribution in [3.8, 4) is 0 Å². The summed E-state index contributed by atoms with van der Waals surface area (Å²) < 4.78 is 12.5. The molecule has 0 amide bonds. The first-order chi connectivity index (χ1) is 5.27. The van der Waals surface area contributed by atoms with Crippen molar-refractivity contribution in [2.45, 2.75) is 45.3 Å². The summed E-state index contributed by atoms with van der Waals surface area (Å²) in [5.41, 5.74) is 0. The van der Waals surface area contributed by atoms with Gasteiger partial charge in [-0.05, 0) is 12.8 Å². The third kappa shape index (κ3) is 2.16. The van der Waals surface area contributed by atoms with Crippen LogP contribution in [-0.2, 0) is 0 Å². The minimum absolute atomic E-state index is 0.541. The van der Waals surface area contributed by atoms with Crippen LogP contribution in [0.1, 0.15) is 33.1 Å². The van der Waals surface area contributed by atoms with Crippen LogP contribution in [0.2, 0.25) is 0 Å². The van der Waals surface area contributed by atoms with E-state index in [4.69, 9.17) is 0 Å². The molecule has 1 fully saturated rings. The molecule has 0 N–H and O–H groups in total. The highest BCUT2D eigenvalue weighted by Crippen LogP contribution is 2.19. The third-order valence-corrected chi connectivity index (χ3v) is 2.47. The van der Waals surface area contributed by atoms with E-state index in [9.17, 15) is 4.39 Å². The largest absolute Gasteiger partial charge is 0.295 e. The Bertz CT molecular complexity index is 110. The lowest BCUT2D eigenvalue weighted by atomic mass is 10.0. The number of alkyl halides is 1. The van der Waals surface area contributed by atoms with E-state index >= 15 is 0 Å². The van der Waals surface area contributed by atoms with Crippen LogP contribution in [0.5, 0.6) is 0 Å². The van der Waals surface area contributed by atoms with Crippen LogP contribution in [0.15, 0.2) is 0 Å². The minimum Gasteiger partial charge on any atom is -0.295 e. The zero-order valence-corrected chi connectivity index (χ0v) is 7.52. The first-order valence-corrected chi connectivity index (χ1v) is 4.66. The van der Waals surface area contributed by atoms with Crippen LogP contribution in [0, 0.1) is 0 Å². The highest BCUT2D eigenvalue weighted by Gasteiger charge is 2.30. The molecule has 0 radical (unpaired) electrons. The van der Waals surface area contributed by atoms with Gasteiger partial charge >= 0.3 is 0 Å². The van der Waals surface area contributed by atoms with E-state index < -0.39 is 6.17 Å². The standard InChI is InChI=1S/C9H18FN/c1-3-5-9(4-2)11-6-8(10)7-11/h8-9H,3-7H2,1-2H3. The summed E-state index contributed by atoms with van der Waals surface area (Å²) in [6.45, 7) is 5.73. The molecule has 1 aliphatic rings. The van der Waals surface area contributed by atoms with Crippen molar-refractivity contribution >= 4 is 0 Å². The minimum atomic E-state index is -0.541. The molecule has 1 heterocycles. The summed E-state index contributed by atoms with van der Waals surface area (Å²) in [5.74, 6) is 0. The quantitative estimate of drug-likeness (QED) is 0.608. The topological polar surface area (TPSA) is 3.24 Å². The van der Waals surface area contributed by atoms with Gasteiger partial charge in [0.1, 0.15) is 6.17 Å². The van der Waals surface area contributed by atoms with Crippen molar-refractivity contribution < 1.29 is 4.39 Å². The molecule has 1 nitrogen and oxygen atoms in total. The summed E-state index contributed by atoms with van der Waals surface area (Å²) in [6, 6.07) is 0.645. The molecule has 66 valence electrons. The average Bonchev–Trinajstić information content (AvgIpc) is 1.95. The molecule has 0 aromatic carbocycles. The Hall–Kier alpha value is -0.110. The van der Waals surface area contributed by atoms with E-state index in [1.54, 1.807) is 0 Å². The predicted molar refractivity (Wildman–Crippen MR) is 45.5 cm³/mol. The molecule has 2 heteroatoms. The molecule has 1 rings (SSSR count). The summed E-state index contributed by atoms with van der Waals surface area (Å²) in [6.07, 6.45) is 3.07. The molecular formula is C9H18FN. The number of halogens is 1. The Kier molecular flexibility index (Phi) is 3.31. The van der Waals surface area contributed by atoms with Gasteiger partial charge in [-0.25, -0.2) is 4.39 Å². The second-order valence-electron chi connectivity index (χ2n) is 3.40. The van der Waals surface area contributed by atoms with E-state index in [1.807, 2.05) is 0 Å². The fraction of sp³-hybridized carbons (Fsp3) is 1.00. The second-order valence-corrected chi connectivity index (χ2v) is 3.40. The third-order valence-electron chi connectivity index (χ3n) is 2.47. The fourth-order valence-corrected chi connectivity index (χ4v) is 1.73. The van der Waals surface area contributed by atoms with Crippen molar-refractivity contribution in [2.24, 2.45) is 0 Å². The van der Waals surface area contributed by atoms with Gasteiger partial charge in [0.2, 0.25) is 0 Å². The maximum absolute atomic E-state index is 12.5. The predicted octanol–water partition coefficient (Wildman–Crippen LogP) is 2.22. The van der Waals surface area contributed by atoms with Crippen LogP contribution in [0.3, 0.4) is 0 Å². The highest BCUT2D eigenvalue weighted by molar-refractivity contribution is 4.84. The van der Waals surface area contributed by atoms with Gasteiger partial charge in [-0.3, -0.25) is 4.90 Å². The van der Waals surface area contributed by atoms with Crippen LogP contribution in [-0.4, -0.2) is 30.2 Å². The van der Waals surface area contributed by atoms with E-state index in [-0.39, 0.29) is 0 Å². The zero-order chi connectivity index (χ0) is 8.27. The number of hydrogen-bond donors (Lipinski definition) is 0. The smallest absolute Gasteiger partial charge is 0.125 e. The molecule has 0 spiro atoms. The van der Waals surface area contributed by atoms with Crippen molar-refractivity contribution in [3.05, 3.63) is 0 Å². The molecule has 0 aromatic rings. The second kappa shape index (κ2) is 4.05. The van der Waals surface area contributed by atoms with Gasteiger partial charge in [0, 0.05) is 19.1 Å². The molecule has 1 saturated heterocycles. The Morgan fingerprint density at radius 2 is 2.09 bits per heavy atom. The van der Waals surface area contributed by atoms with Crippen LogP contribution in [0.4, 0.5) is 4.39 Å².